The molecule has 0 spiro atoms. The number of aliphatic imine (C=N–C) groups is 1. The molecule has 6 heteroatoms. The fourth-order valence-corrected chi connectivity index (χ4v) is 2.87. The molecule has 0 saturated carbocycles. The first-order chi connectivity index (χ1) is 13.0. The van der Waals surface area contributed by atoms with Crippen LogP contribution < -0.4 is 10.6 Å². The molecule has 0 unspecified atom stereocenters. The summed E-state index contributed by atoms with van der Waals surface area (Å²) >= 11 is 6.27. The van der Waals surface area contributed by atoms with Gasteiger partial charge in [-0.2, -0.15) is 0 Å². The predicted octanol–water partition coefficient (Wildman–Crippen LogP) is 3.94. The number of hydrogen-bond donors (Lipinski definition) is 2. The van der Waals surface area contributed by atoms with Crippen molar-refractivity contribution in [3.8, 4) is 0 Å². The van der Waals surface area contributed by atoms with Crippen LogP contribution in [0, 0.1) is 0 Å². The number of rotatable bonds is 7. The Bertz CT molecular complexity index is 774. The van der Waals surface area contributed by atoms with E-state index < -0.39 is 0 Å². The summed E-state index contributed by atoms with van der Waals surface area (Å²) in [6.07, 6.45) is 0.829. The lowest BCUT2D eigenvalue weighted by atomic mass is 10.1. The van der Waals surface area contributed by atoms with Crippen molar-refractivity contribution < 1.29 is 4.79 Å². The number of nitrogens with zero attached hydrogens (tertiary/aromatic N) is 2. The summed E-state index contributed by atoms with van der Waals surface area (Å²) in [7, 11) is 2.01. The van der Waals surface area contributed by atoms with Gasteiger partial charge in [-0.05, 0) is 42.7 Å². The van der Waals surface area contributed by atoms with Gasteiger partial charge in [0.2, 0.25) is 5.91 Å². The van der Waals surface area contributed by atoms with Gasteiger partial charge in [-0.3, -0.25) is 9.79 Å². The number of halogens is 1. The van der Waals surface area contributed by atoms with Gasteiger partial charge in [0.05, 0.1) is 0 Å². The van der Waals surface area contributed by atoms with Crippen molar-refractivity contribution in [1.82, 2.24) is 10.2 Å². The largest absolute Gasteiger partial charge is 0.357 e. The van der Waals surface area contributed by atoms with E-state index in [9.17, 15) is 4.79 Å². The first-order valence-corrected chi connectivity index (χ1v) is 9.46. The molecule has 0 aliphatic rings. The van der Waals surface area contributed by atoms with Crippen LogP contribution in [0.15, 0.2) is 53.5 Å². The van der Waals surface area contributed by atoms with Crippen molar-refractivity contribution in [2.75, 3.05) is 25.5 Å². The molecule has 144 valence electrons. The number of anilines is 1. The number of amides is 1. The summed E-state index contributed by atoms with van der Waals surface area (Å²) < 4.78 is 0. The molecule has 0 bridgehead atoms. The van der Waals surface area contributed by atoms with Crippen molar-refractivity contribution >= 4 is 29.2 Å². The summed E-state index contributed by atoms with van der Waals surface area (Å²) in [5.74, 6) is 0.788. The highest BCUT2D eigenvalue weighted by Gasteiger charge is 2.08. The van der Waals surface area contributed by atoms with Crippen LogP contribution in [0.25, 0.3) is 0 Å². The average molecular weight is 387 g/mol. The zero-order valence-corrected chi connectivity index (χ0v) is 16.9. The summed E-state index contributed by atoms with van der Waals surface area (Å²) in [4.78, 5) is 17.9. The molecule has 2 aromatic carbocycles. The third-order valence-corrected chi connectivity index (χ3v) is 4.37. The predicted molar refractivity (Wildman–Crippen MR) is 113 cm³/mol. The molecule has 0 aliphatic carbocycles. The van der Waals surface area contributed by atoms with Gasteiger partial charge in [0.25, 0.3) is 0 Å². The number of guanidine groups is 1. The second-order valence-electron chi connectivity index (χ2n) is 6.31. The number of benzene rings is 2. The fraction of sp³-hybridized carbons (Fsp3) is 0.333. The number of hydrogen-bond acceptors (Lipinski definition) is 2. The van der Waals surface area contributed by atoms with E-state index >= 15 is 0 Å². The summed E-state index contributed by atoms with van der Waals surface area (Å²) in [6, 6.07) is 15.7. The maximum Gasteiger partial charge on any atom is 0.221 e. The topological polar surface area (TPSA) is 56.7 Å². The van der Waals surface area contributed by atoms with Crippen LogP contribution in [-0.4, -0.2) is 36.9 Å². The Morgan fingerprint density at radius 3 is 2.48 bits per heavy atom. The average Bonchev–Trinajstić information content (AvgIpc) is 2.64. The first-order valence-electron chi connectivity index (χ1n) is 9.09. The molecule has 2 rings (SSSR count). The van der Waals surface area contributed by atoms with Crippen molar-refractivity contribution in [2.24, 2.45) is 4.99 Å². The summed E-state index contributed by atoms with van der Waals surface area (Å²) in [5, 5.41) is 6.86. The van der Waals surface area contributed by atoms with E-state index in [1.165, 1.54) is 12.5 Å². The Balaban J connectivity index is 1.96. The van der Waals surface area contributed by atoms with Crippen LogP contribution in [0.1, 0.15) is 25.0 Å². The van der Waals surface area contributed by atoms with Crippen LogP contribution in [0.4, 0.5) is 5.69 Å². The highest BCUT2D eigenvalue weighted by molar-refractivity contribution is 6.31. The van der Waals surface area contributed by atoms with Crippen LogP contribution in [0.5, 0.6) is 0 Å². The summed E-state index contributed by atoms with van der Waals surface area (Å²) in [5.41, 5.74) is 3.06. The Labute approximate surface area is 166 Å². The fourth-order valence-electron chi connectivity index (χ4n) is 2.68. The van der Waals surface area contributed by atoms with E-state index in [1.54, 1.807) is 0 Å². The molecule has 5 nitrogen and oxygen atoms in total. The van der Waals surface area contributed by atoms with Crippen molar-refractivity contribution in [1.29, 1.82) is 0 Å². The highest BCUT2D eigenvalue weighted by Crippen LogP contribution is 2.16. The Morgan fingerprint density at radius 2 is 1.85 bits per heavy atom. The Morgan fingerprint density at radius 1 is 1.15 bits per heavy atom. The molecule has 0 radical (unpaired) electrons. The van der Waals surface area contributed by atoms with Gasteiger partial charge < -0.3 is 15.5 Å². The minimum Gasteiger partial charge on any atom is -0.357 e. The highest BCUT2D eigenvalue weighted by atomic mass is 35.5. The molecule has 0 heterocycles. The van der Waals surface area contributed by atoms with Gasteiger partial charge >= 0.3 is 0 Å². The van der Waals surface area contributed by atoms with E-state index in [0.717, 1.165) is 35.2 Å². The van der Waals surface area contributed by atoms with Crippen molar-refractivity contribution in [3.05, 3.63) is 64.7 Å². The van der Waals surface area contributed by atoms with Gasteiger partial charge in [0.15, 0.2) is 5.96 Å². The smallest absolute Gasteiger partial charge is 0.221 e. The maximum absolute atomic E-state index is 11.1. The lowest BCUT2D eigenvalue weighted by Gasteiger charge is -2.22. The molecule has 0 saturated heterocycles. The van der Waals surface area contributed by atoms with Crippen LogP contribution in [0.2, 0.25) is 5.02 Å². The van der Waals surface area contributed by atoms with Crippen molar-refractivity contribution in [3.63, 3.8) is 0 Å². The molecule has 1 amide bonds. The monoisotopic (exact) mass is 386 g/mol. The normalized spacial score (nSPS) is 11.2. The Hall–Kier alpha value is -2.53. The zero-order valence-electron chi connectivity index (χ0n) is 16.1. The molecular weight excluding hydrogens is 360 g/mol. The van der Waals surface area contributed by atoms with E-state index in [2.05, 4.69) is 22.5 Å². The van der Waals surface area contributed by atoms with E-state index in [4.69, 9.17) is 16.6 Å². The lowest BCUT2D eigenvalue weighted by molar-refractivity contribution is -0.114. The summed E-state index contributed by atoms with van der Waals surface area (Å²) in [6.45, 7) is 5.73. The van der Waals surface area contributed by atoms with Gasteiger partial charge in [-0.1, -0.05) is 41.9 Å². The van der Waals surface area contributed by atoms with E-state index in [0.29, 0.717) is 13.1 Å². The first kappa shape index (κ1) is 20.8. The molecule has 0 aromatic heterocycles. The number of carbonyl (C=O) groups is 1. The van der Waals surface area contributed by atoms with E-state index in [1.807, 2.05) is 55.6 Å². The minimum atomic E-state index is -0.0656. The number of nitrogens with one attached hydrogen (secondary N) is 2. The minimum absolute atomic E-state index is 0.0656. The molecule has 0 fully saturated rings. The SMILES string of the molecule is CCNC(=NCCc1ccc(NC(C)=O)cc1)N(C)Cc1ccccc1Cl. The van der Waals surface area contributed by atoms with Gasteiger partial charge in [0.1, 0.15) is 0 Å². The zero-order chi connectivity index (χ0) is 19.6. The second-order valence-corrected chi connectivity index (χ2v) is 6.72. The van der Waals surface area contributed by atoms with E-state index in [-0.39, 0.29) is 5.91 Å². The van der Waals surface area contributed by atoms with Gasteiger partial charge in [0, 0.05) is 44.3 Å². The van der Waals surface area contributed by atoms with Crippen molar-refractivity contribution in [2.45, 2.75) is 26.8 Å². The molecule has 27 heavy (non-hydrogen) atoms. The Kier molecular flexibility index (Phi) is 8.14. The standard InChI is InChI=1S/C21H27ClN4O/c1-4-23-21(26(3)15-18-7-5-6-8-20(18)22)24-14-13-17-9-11-19(12-10-17)25-16(2)27/h5-12H,4,13-15H2,1-3H3,(H,23,24)(H,25,27). The third-order valence-electron chi connectivity index (χ3n) is 4.00. The van der Waals surface area contributed by atoms with Crippen LogP contribution in [0.3, 0.4) is 0 Å². The van der Waals surface area contributed by atoms with Gasteiger partial charge in [-0.25, -0.2) is 0 Å². The van der Waals surface area contributed by atoms with Crippen LogP contribution >= 0.6 is 11.6 Å². The second kappa shape index (κ2) is 10.6. The number of carbonyl (C=O) groups excluding carboxylic acids is 1. The molecular formula is C21H27ClN4O. The van der Waals surface area contributed by atoms with Gasteiger partial charge in [-0.15, -0.1) is 0 Å². The maximum atomic E-state index is 11.1. The molecule has 0 atom stereocenters. The molecule has 2 N–H and O–H groups in total. The molecule has 2 aromatic rings. The molecule has 0 aliphatic heterocycles. The quantitative estimate of drug-likeness (QED) is 0.559. The van der Waals surface area contributed by atoms with Crippen LogP contribution in [-0.2, 0) is 17.8 Å². The third kappa shape index (κ3) is 6.94. The lowest BCUT2D eigenvalue weighted by Crippen LogP contribution is -2.38.